The van der Waals surface area contributed by atoms with Crippen LogP contribution in [0.4, 0.5) is 13.2 Å². The van der Waals surface area contributed by atoms with Crippen molar-refractivity contribution in [3.05, 3.63) is 51.5 Å². The maximum atomic E-state index is 12.6. The number of guanidine groups is 1. The predicted molar refractivity (Wildman–Crippen MR) is 110 cm³/mol. The van der Waals surface area contributed by atoms with E-state index in [-0.39, 0.29) is 5.91 Å². The third kappa shape index (κ3) is 5.94. The Morgan fingerprint density at radius 3 is 2.67 bits per heavy atom. The molecule has 0 bridgehead atoms. The van der Waals surface area contributed by atoms with Gasteiger partial charge >= 0.3 is 6.18 Å². The van der Waals surface area contributed by atoms with Gasteiger partial charge in [0.15, 0.2) is 11.7 Å². The van der Waals surface area contributed by atoms with Crippen molar-refractivity contribution in [2.24, 2.45) is 4.99 Å². The standard InChI is InChI=1S/C20H24F3N5OS/c1-24-19(25-9-8-17-27-16(13-30-17)20(21,22)23)26-11-14-5-2-3-6-15(14)12-28-10-4-7-18(28)29/h2-3,5-6,13H,4,7-12H2,1H3,(H2,24,25,26). The summed E-state index contributed by atoms with van der Waals surface area (Å²) < 4.78 is 37.9. The molecule has 1 aliphatic heterocycles. The van der Waals surface area contributed by atoms with Gasteiger partial charge in [0.05, 0.1) is 5.01 Å². The van der Waals surface area contributed by atoms with Crippen LogP contribution in [0.1, 0.15) is 34.7 Å². The Morgan fingerprint density at radius 1 is 1.27 bits per heavy atom. The Morgan fingerprint density at radius 2 is 2.03 bits per heavy atom. The van der Waals surface area contributed by atoms with Gasteiger partial charge in [0.1, 0.15) is 0 Å². The molecule has 1 fully saturated rings. The third-order valence-corrected chi connectivity index (χ3v) is 5.70. The molecule has 1 amide bonds. The lowest BCUT2D eigenvalue weighted by Gasteiger charge is -2.19. The van der Waals surface area contributed by atoms with Crippen LogP contribution >= 0.6 is 11.3 Å². The number of likely N-dealkylation sites (tertiary alicyclic amines) is 1. The molecule has 0 unspecified atom stereocenters. The number of hydrogen-bond donors (Lipinski definition) is 2. The molecule has 1 aliphatic rings. The lowest BCUT2D eigenvalue weighted by atomic mass is 10.1. The van der Waals surface area contributed by atoms with Crippen LogP contribution in [-0.4, -0.2) is 41.9 Å². The first-order valence-electron chi connectivity index (χ1n) is 9.67. The van der Waals surface area contributed by atoms with Gasteiger partial charge in [-0.2, -0.15) is 13.2 Å². The molecule has 6 nitrogen and oxygen atoms in total. The second kappa shape index (κ2) is 9.92. The van der Waals surface area contributed by atoms with Gasteiger partial charge in [-0.15, -0.1) is 11.3 Å². The number of aromatic nitrogens is 1. The topological polar surface area (TPSA) is 69.6 Å². The highest BCUT2D eigenvalue weighted by Crippen LogP contribution is 2.30. The van der Waals surface area contributed by atoms with Crippen LogP contribution in [0.15, 0.2) is 34.6 Å². The molecule has 2 aromatic rings. The van der Waals surface area contributed by atoms with Gasteiger partial charge in [0, 0.05) is 51.4 Å². The molecule has 0 atom stereocenters. The molecule has 1 saturated heterocycles. The summed E-state index contributed by atoms with van der Waals surface area (Å²) in [5.41, 5.74) is 1.30. The Balaban J connectivity index is 1.50. The zero-order valence-electron chi connectivity index (χ0n) is 16.6. The van der Waals surface area contributed by atoms with Gasteiger partial charge in [-0.05, 0) is 17.5 Å². The fraction of sp³-hybridized carbons (Fsp3) is 0.450. The van der Waals surface area contributed by atoms with E-state index >= 15 is 0 Å². The van der Waals surface area contributed by atoms with Crippen molar-refractivity contribution in [3.63, 3.8) is 0 Å². The molecule has 0 aliphatic carbocycles. The van der Waals surface area contributed by atoms with Crippen LogP contribution in [0.5, 0.6) is 0 Å². The summed E-state index contributed by atoms with van der Waals surface area (Å²) in [6.07, 6.45) is -2.53. The largest absolute Gasteiger partial charge is 0.434 e. The second-order valence-corrected chi connectivity index (χ2v) is 7.86. The molecule has 0 saturated carbocycles. The number of thiazole rings is 1. The van der Waals surface area contributed by atoms with Crippen molar-refractivity contribution in [2.75, 3.05) is 20.1 Å². The summed E-state index contributed by atoms with van der Waals surface area (Å²) in [6.45, 7) is 2.31. The van der Waals surface area contributed by atoms with Gasteiger partial charge < -0.3 is 15.5 Å². The van der Waals surface area contributed by atoms with Crippen molar-refractivity contribution < 1.29 is 18.0 Å². The zero-order chi connectivity index (χ0) is 21.6. The van der Waals surface area contributed by atoms with Crippen molar-refractivity contribution >= 4 is 23.2 Å². The first kappa shape index (κ1) is 22.1. The smallest absolute Gasteiger partial charge is 0.356 e. The molecular formula is C20H24F3N5OS. The number of amides is 1. The van der Waals surface area contributed by atoms with E-state index in [1.807, 2.05) is 29.2 Å². The van der Waals surface area contributed by atoms with E-state index < -0.39 is 11.9 Å². The maximum absolute atomic E-state index is 12.6. The number of benzene rings is 1. The number of halogens is 3. The molecular weight excluding hydrogens is 415 g/mol. The first-order chi connectivity index (χ1) is 14.4. The van der Waals surface area contributed by atoms with E-state index in [1.165, 1.54) is 0 Å². The highest BCUT2D eigenvalue weighted by molar-refractivity contribution is 7.09. The predicted octanol–water partition coefficient (Wildman–Crippen LogP) is 3.19. The van der Waals surface area contributed by atoms with Crippen LogP contribution < -0.4 is 10.6 Å². The summed E-state index contributed by atoms with van der Waals surface area (Å²) in [5.74, 6) is 0.737. The molecule has 3 rings (SSSR count). The van der Waals surface area contributed by atoms with Crippen LogP contribution in [0, 0.1) is 0 Å². The van der Waals surface area contributed by atoms with E-state index in [0.717, 1.165) is 40.8 Å². The van der Waals surface area contributed by atoms with Crippen molar-refractivity contribution in [2.45, 2.75) is 38.5 Å². The quantitative estimate of drug-likeness (QED) is 0.514. The van der Waals surface area contributed by atoms with Crippen LogP contribution in [0.3, 0.4) is 0 Å². The van der Waals surface area contributed by atoms with Gasteiger partial charge in [-0.3, -0.25) is 9.79 Å². The molecule has 2 N–H and O–H groups in total. The Kier molecular flexibility index (Phi) is 7.30. The Hall–Kier alpha value is -2.62. The number of carbonyl (C=O) groups is 1. The fourth-order valence-corrected chi connectivity index (χ4v) is 4.01. The molecule has 162 valence electrons. The molecule has 1 aromatic heterocycles. The third-order valence-electron chi connectivity index (χ3n) is 4.79. The first-order valence-corrected chi connectivity index (χ1v) is 10.6. The lowest BCUT2D eigenvalue weighted by molar-refractivity contribution is -0.140. The minimum absolute atomic E-state index is 0.186. The average molecular weight is 440 g/mol. The van der Waals surface area contributed by atoms with Crippen LogP contribution in [0.2, 0.25) is 0 Å². The SMILES string of the molecule is CN=C(NCCc1nc(C(F)(F)F)cs1)NCc1ccccc1CN1CCCC1=O. The number of carbonyl (C=O) groups excluding carboxylic acids is 1. The van der Waals surface area contributed by atoms with Gasteiger partial charge in [-0.25, -0.2) is 4.98 Å². The highest BCUT2D eigenvalue weighted by Gasteiger charge is 2.33. The van der Waals surface area contributed by atoms with Crippen molar-refractivity contribution in [1.82, 2.24) is 20.5 Å². The Labute approximate surface area is 177 Å². The second-order valence-electron chi connectivity index (χ2n) is 6.91. The van der Waals surface area contributed by atoms with E-state index in [4.69, 9.17) is 0 Å². The average Bonchev–Trinajstić information content (AvgIpc) is 3.35. The molecule has 10 heteroatoms. The summed E-state index contributed by atoms with van der Waals surface area (Å²) in [7, 11) is 1.63. The molecule has 1 aromatic carbocycles. The normalized spacial score (nSPS) is 15.0. The minimum Gasteiger partial charge on any atom is -0.356 e. The van der Waals surface area contributed by atoms with Crippen LogP contribution in [-0.2, 0) is 30.5 Å². The van der Waals surface area contributed by atoms with Crippen LogP contribution in [0.25, 0.3) is 0 Å². The number of rotatable bonds is 7. The van der Waals surface area contributed by atoms with Crippen molar-refractivity contribution in [3.8, 4) is 0 Å². The highest BCUT2D eigenvalue weighted by atomic mass is 32.1. The monoisotopic (exact) mass is 439 g/mol. The lowest BCUT2D eigenvalue weighted by Crippen LogP contribution is -2.38. The molecule has 2 heterocycles. The number of nitrogens with zero attached hydrogens (tertiary/aromatic N) is 3. The minimum atomic E-state index is -4.41. The summed E-state index contributed by atoms with van der Waals surface area (Å²) in [4.78, 5) is 21.6. The van der Waals surface area contributed by atoms with Crippen molar-refractivity contribution in [1.29, 1.82) is 0 Å². The summed E-state index contributed by atoms with van der Waals surface area (Å²) in [5, 5.41) is 7.77. The maximum Gasteiger partial charge on any atom is 0.434 e. The van der Waals surface area contributed by atoms with E-state index in [9.17, 15) is 18.0 Å². The zero-order valence-corrected chi connectivity index (χ0v) is 17.4. The fourth-order valence-electron chi connectivity index (χ4n) is 3.20. The van der Waals surface area contributed by atoms with Gasteiger partial charge in [0.2, 0.25) is 5.91 Å². The van der Waals surface area contributed by atoms with E-state index in [2.05, 4.69) is 20.6 Å². The number of nitrogens with one attached hydrogen (secondary N) is 2. The summed E-state index contributed by atoms with van der Waals surface area (Å²) >= 11 is 0.999. The van der Waals surface area contributed by atoms with Gasteiger partial charge in [-0.1, -0.05) is 24.3 Å². The Bertz CT molecular complexity index is 897. The number of alkyl halides is 3. The van der Waals surface area contributed by atoms with Gasteiger partial charge in [0.25, 0.3) is 0 Å². The van der Waals surface area contributed by atoms with E-state index in [1.54, 1.807) is 7.05 Å². The molecule has 0 radical (unpaired) electrons. The number of hydrogen-bond acceptors (Lipinski definition) is 4. The molecule has 30 heavy (non-hydrogen) atoms. The van der Waals surface area contributed by atoms with E-state index in [0.29, 0.717) is 43.4 Å². The summed E-state index contributed by atoms with van der Waals surface area (Å²) in [6, 6.07) is 7.92. The molecule has 0 spiro atoms. The number of aliphatic imine (C=N–C) groups is 1.